The van der Waals surface area contributed by atoms with Crippen LogP contribution in [0.15, 0.2) is 0 Å². The molecule has 0 aromatic heterocycles. The van der Waals surface area contributed by atoms with Gasteiger partial charge in [0.2, 0.25) is 5.91 Å². The van der Waals surface area contributed by atoms with Crippen molar-refractivity contribution < 1.29 is 14.3 Å². The van der Waals surface area contributed by atoms with Gasteiger partial charge in [0, 0.05) is 56.7 Å². The molecule has 1 amide bonds. The van der Waals surface area contributed by atoms with E-state index in [1.165, 1.54) is 0 Å². The number of nitrogens with zero attached hydrogens (tertiary/aromatic N) is 1. The molecule has 2 unspecified atom stereocenters. The van der Waals surface area contributed by atoms with Crippen LogP contribution in [0.25, 0.3) is 0 Å². The molecule has 0 N–H and O–H groups in total. The lowest BCUT2D eigenvalue weighted by Gasteiger charge is -2.68. The predicted molar refractivity (Wildman–Crippen MR) is 86.3 cm³/mol. The van der Waals surface area contributed by atoms with Crippen LogP contribution >= 0.6 is 11.8 Å². The standard InChI is InChI=1S/C16H29NO3S/c1-11(2)13-15(8-16(9-15,19-4)20-5)10-17(13)14(18)12(3)7-21-6/h11-13H,7-10H2,1-6H3. The molecular formula is C16H29NO3S. The summed E-state index contributed by atoms with van der Waals surface area (Å²) in [5.74, 6) is 1.35. The van der Waals surface area contributed by atoms with Crippen molar-refractivity contribution in [1.82, 2.24) is 4.90 Å². The Balaban J connectivity index is 2.05. The van der Waals surface area contributed by atoms with Gasteiger partial charge in [-0.15, -0.1) is 0 Å². The summed E-state index contributed by atoms with van der Waals surface area (Å²) in [6.45, 7) is 7.33. The molecule has 21 heavy (non-hydrogen) atoms. The first-order valence-electron chi connectivity index (χ1n) is 7.74. The number of likely N-dealkylation sites (tertiary alicyclic amines) is 1. The van der Waals surface area contributed by atoms with Gasteiger partial charge in [0.15, 0.2) is 5.79 Å². The highest BCUT2D eigenvalue weighted by molar-refractivity contribution is 7.98. The van der Waals surface area contributed by atoms with Crippen LogP contribution in [0.3, 0.4) is 0 Å². The van der Waals surface area contributed by atoms with E-state index < -0.39 is 5.79 Å². The first-order valence-corrected chi connectivity index (χ1v) is 9.14. The third-order valence-corrected chi connectivity index (χ3v) is 6.02. The Hall–Kier alpha value is -0.260. The van der Waals surface area contributed by atoms with Crippen LogP contribution in [0.2, 0.25) is 0 Å². The van der Waals surface area contributed by atoms with E-state index in [-0.39, 0.29) is 11.3 Å². The zero-order valence-electron chi connectivity index (χ0n) is 14.1. The molecule has 0 radical (unpaired) electrons. The fourth-order valence-corrected chi connectivity index (χ4v) is 4.99. The molecule has 1 aliphatic carbocycles. The van der Waals surface area contributed by atoms with E-state index in [2.05, 4.69) is 25.0 Å². The topological polar surface area (TPSA) is 38.8 Å². The zero-order valence-corrected chi connectivity index (χ0v) is 15.0. The Kier molecular flexibility index (Phi) is 4.96. The normalized spacial score (nSPS) is 27.4. The van der Waals surface area contributed by atoms with E-state index in [1.807, 2.05) is 6.92 Å². The fourth-order valence-electron chi connectivity index (χ4n) is 4.35. The third-order valence-electron chi connectivity index (χ3n) is 5.19. The van der Waals surface area contributed by atoms with Crippen LogP contribution in [0.4, 0.5) is 0 Å². The van der Waals surface area contributed by atoms with Crippen molar-refractivity contribution in [3.8, 4) is 0 Å². The van der Waals surface area contributed by atoms with Crippen molar-refractivity contribution in [2.75, 3.05) is 32.8 Å². The lowest BCUT2D eigenvalue weighted by Crippen LogP contribution is -2.77. The van der Waals surface area contributed by atoms with Crippen LogP contribution in [-0.2, 0) is 14.3 Å². The van der Waals surface area contributed by atoms with Gasteiger partial charge in [0.25, 0.3) is 0 Å². The van der Waals surface area contributed by atoms with Gasteiger partial charge < -0.3 is 14.4 Å². The summed E-state index contributed by atoms with van der Waals surface area (Å²) in [5, 5.41) is 0. The van der Waals surface area contributed by atoms with Gasteiger partial charge in [-0.2, -0.15) is 11.8 Å². The van der Waals surface area contributed by atoms with Crippen molar-refractivity contribution in [3.05, 3.63) is 0 Å². The molecule has 1 heterocycles. The van der Waals surface area contributed by atoms with E-state index in [4.69, 9.17) is 9.47 Å². The number of amides is 1. The summed E-state index contributed by atoms with van der Waals surface area (Å²) in [6.07, 6.45) is 3.85. The molecule has 2 rings (SSSR count). The average molecular weight is 315 g/mol. The lowest BCUT2D eigenvalue weighted by molar-refractivity contribution is -0.334. The Bertz CT molecular complexity index is 387. The molecule has 1 aliphatic heterocycles. The lowest BCUT2D eigenvalue weighted by atomic mass is 9.52. The van der Waals surface area contributed by atoms with Crippen molar-refractivity contribution in [2.45, 2.75) is 45.4 Å². The molecule has 2 aliphatic rings. The van der Waals surface area contributed by atoms with Gasteiger partial charge in [0.05, 0.1) is 0 Å². The summed E-state index contributed by atoms with van der Waals surface area (Å²) < 4.78 is 11.1. The maximum Gasteiger partial charge on any atom is 0.226 e. The van der Waals surface area contributed by atoms with Crippen LogP contribution < -0.4 is 0 Å². The maximum absolute atomic E-state index is 12.6. The quantitative estimate of drug-likeness (QED) is 0.706. The zero-order chi connectivity index (χ0) is 15.8. The second-order valence-corrected chi connectivity index (χ2v) is 7.96. The molecule has 5 heteroatoms. The smallest absolute Gasteiger partial charge is 0.226 e. The number of methoxy groups -OCH3 is 2. The predicted octanol–water partition coefficient (Wildman–Crippen LogP) is 2.62. The van der Waals surface area contributed by atoms with Crippen molar-refractivity contribution in [2.24, 2.45) is 17.3 Å². The van der Waals surface area contributed by atoms with E-state index in [9.17, 15) is 4.79 Å². The highest BCUT2D eigenvalue weighted by Gasteiger charge is 2.67. The number of carbonyl (C=O) groups excluding carboxylic acids is 1. The fraction of sp³-hybridized carbons (Fsp3) is 0.938. The number of hydrogen-bond donors (Lipinski definition) is 0. The van der Waals surface area contributed by atoms with E-state index in [0.29, 0.717) is 17.9 Å². The molecule has 1 saturated heterocycles. The monoisotopic (exact) mass is 315 g/mol. The molecule has 0 aromatic carbocycles. The molecule has 4 nitrogen and oxygen atoms in total. The minimum atomic E-state index is -0.423. The third kappa shape index (κ3) is 2.73. The second kappa shape index (κ2) is 6.09. The molecule has 1 saturated carbocycles. The maximum atomic E-state index is 12.6. The van der Waals surface area contributed by atoms with Gasteiger partial charge in [0.1, 0.15) is 0 Å². The van der Waals surface area contributed by atoms with Crippen LogP contribution in [0.1, 0.15) is 33.6 Å². The first-order chi connectivity index (χ1) is 9.84. The van der Waals surface area contributed by atoms with Crippen molar-refractivity contribution in [3.63, 3.8) is 0 Å². The summed E-state index contributed by atoms with van der Waals surface area (Å²) in [4.78, 5) is 14.7. The SMILES string of the molecule is COC1(OC)CC2(CN(C(=O)C(C)CSC)C2C(C)C)C1. The van der Waals surface area contributed by atoms with E-state index in [0.717, 1.165) is 25.1 Å². The number of ether oxygens (including phenoxy) is 2. The van der Waals surface area contributed by atoms with Crippen LogP contribution in [0.5, 0.6) is 0 Å². The minimum absolute atomic E-state index is 0.105. The first kappa shape index (κ1) is 17.1. The van der Waals surface area contributed by atoms with Gasteiger partial charge >= 0.3 is 0 Å². The largest absolute Gasteiger partial charge is 0.353 e. The molecule has 0 bridgehead atoms. The minimum Gasteiger partial charge on any atom is -0.353 e. The van der Waals surface area contributed by atoms with Gasteiger partial charge in [-0.3, -0.25) is 4.79 Å². The Morgan fingerprint density at radius 3 is 2.29 bits per heavy atom. The summed E-state index contributed by atoms with van der Waals surface area (Å²) in [5.41, 5.74) is 0.203. The molecule has 2 atom stereocenters. The molecular weight excluding hydrogens is 286 g/mol. The second-order valence-electron chi connectivity index (χ2n) is 7.05. The van der Waals surface area contributed by atoms with Crippen molar-refractivity contribution in [1.29, 1.82) is 0 Å². The molecule has 2 fully saturated rings. The number of thioether (sulfide) groups is 1. The highest BCUT2D eigenvalue weighted by Crippen LogP contribution is 2.61. The summed E-state index contributed by atoms with van der Waals surface area (Å²) >= 11 is 1.74. The summed E-state index contributed by atoms with van der Waals surface area (Å²) in [6, 6.07) is 0.327. The Morgan fingerprint density at radius 2 is 1.86 bits per heavy atom. The number of hydrogen-bond acceptors (Lipinski definition) is 4. The van der Waals surface area contributed by atoms with Crippen molar-refractivity contribution >= 4 is 17.7 Å². The van der Waals surface area contributed by atoms with Gasteiger partial charge in [-0.05, 0) is 12.2 Å². The highest BCUT2D eigenvalue weighted by atomic mass is 32.2. The van der Waals surface area contributed by atoms with Crippen LogP contribution in [-0.4, -0.2) is 55.4 Å². The summed E-state index contributed by atoms with van der Waals surface area (Å²) in [7, 11) is 3.42. The Labute approximate surface area is 132 Å². The van der Waals surface area contributed by atoms with Gasteiger partial charge in [-0.25, -0.2) is 0 Å². The average Bonchev–Trinajstić information content (AvgIpc) is 2.36. The van der Waals surface area contributed by atoms with E-state index >= 15 is 0 Å². The van der Waals surface area contributed by atoms with Gasteiger partial charge in [-0.1, -0.05) is 20.8 Å². The van der Waals surface area contributed by atoms with E-state index in [1.54, 1.807) is 26.0 Å². The Morgan fingerprint density at radius 1 is 1.29 bits per heavy atom. The number of rotatable bonds is 6. The molecule has 1 spiro atoms. The number of carbonyl (C=O) groups is 1. The van der Waals surface area contributed by atoms with Crippen LogP contribution in [0, 0.1) is 17.3 Å². The molecule has 122 valence electrons. The molecule has 0 aromatic rings.